The van der Waals surface area contributed by atoms with Crippen LogP contribution in [-0.2, 0) is 0 Å². The summed E-state index contributed by atoms with van der Waals surface area (Å²) in [5.41, 5.74) is 6.00. The minimum atomic E-state index is 0.473. The lowest BCUT2D eigenvalue weighted by molar-refractivity contribution is 0.0571. The van der Waals surface area contributed by atoms with Crippen molar-refractivity contribution >= 4 is 0 Å². The summed E-state index contributed by atoms with van der Waals surface area (Å²) in [5, 5.41) is 0. The molecular weight excluding hydrogens is 172 g/mol. The Kier molecular flexibility index (Phi) is 3.13. The maximum Gasteiger partial charge on any atom is 0.0116 e. The maximum absolute atomic E-state index is 6.00. The highest BCUT2D eigenvalue weighted by Crippen LogP contribution is 2.31. The van der Waals surface area contributed by atoms with Gasteiger partial charge in [0.2, 0.25) is 0 Å². The number of likely N-dealkylation sites (tertiary alicyclic amines) is 1. The van der Waals surface area contributed by atoms with Crippen LogP contribution in [0, 0.1) is 0 Å². The van der Waals surface area contributed by atoms with Crippen molar-refractivity contribution in [3.8, 4) is 0 Å². The molecule has 0 bridgehead atoms. The van der Waals surface area contributed by atoms with Gasteiger partial charge in [-0.15, -0.1) is 0 Å². The lowest BCUT2D eigenvalue weighted by Gasteiger charge is -2.43. The Balaban J connectivity index is 1.99. The molecule has 1 aliphatic heterocycles. The van der Waals surface area contributed by atoms with Crippen LogP contribution in [0.5, 0.6) is 0 Å². The summed E-state index contributed by atoms with van der Waals surface area (Å²) in [4.78, 5) is 2.75. The molecule has 2 heteroatoms. The summed E-state index contributed by atoms with van der Waals surface area (Å²) in [5.74, 6) is 0. The summed E-state index contributed by atoms with van der Waals surface area (Å²) >= 11 is 0. The van der Waals surface area contributed by atoms with Gasteiger partial charge < -0.3 is 5.73 Å². The third-order valence-corrected chi connectivity index (χ3v) is 4.13. The van der Waals surface area contributed by atoms with E-state index >= 15 is 0 Å². The highest BCUT2D eigenvalue weighted by molar-refractivity contribution is 4.91. The van der Waals surface area contributed by atoms with Crippen molar-refractivity contribution in [1.82, 2.24) is 4.90 Å². The Labute approximate surface area is 87.8 Å². The normalized spacial score (nSPS) is 45.6. The molecule has 0 radical (unpaired) electrons. The molecule has 0 amide bonds. The van der Waals surface area contributed by atoms with Crippen LogP contribution in [0.1, 0.15) is 52.4 Å². The molecule has 2 fully saturated rings. The zero-order valence-electron chi connectivity index (χ0n) is 9.58. The van der Waals surface area contributed by atoms with Crippen LogP contribution in [0.2, 0.25) is 0 Å². The van der Waals surface area contributed by atoms with E-state index in [1.54, 1.807) is 0 Å². The second-order valence-corrected chi connectivity index (χ2v) is 5.30. The Morgan fingerprint density at radius 1 is 1.00 bits per heavy atom. The lowest BCUT2D eigenvalue weighted by atomic mass is 9.94. The summed E-state index contributed by atoms with van der Waals surface area (Å²) < 4.78 is 0. The van der Waals surface area contributed by atoms with Crippen LogP contribution in [0.4, 0.5) is 0 Å². The van der Waals surface area contributed by atoms with Crippen LogP contribution in [0.3, 0.4) is 0 Å². The molecule has 0 aromatic rings. The van der Waals surface area contributed by atoms with Gasteiger partial charge in [-0.1, -0.05) is 6.42 Å². The van der Waals surface area contributed by atoms with Crippen molar-refractivity contribution in [1.29, 1.82) is 0 Å². The van der Waals surface area contributed by atoms with Gasteiger partial charge in [-0.3, -0.25) is 4.90 Å². The van der Waals surface area contributed by atoms with Gasteiger partial charge in [0.05, 0.1) is 0 Å². The standard InChI is InChI=1S/C12H24N2/c1-9-4-3-5-10(2)14(9)12-7-6-11(13)8-12/h9-12H,3-8,13H2,1-2H3. The minimum absolute atomic E-state index is 0.473. The van der Waals surface area contributed by atoms with E-state index in [0.717, 1.165) is 18.1 Å². The number of piperidine rings is 1. The summed E-state index contributed by atoms with van der Waals surface area (Å²) in [6, 6.07) is 2.83. The number of hydrogen-bond acceptors (Lipinski definition) is 2. The fourth-order valence-electron chi connectivity index (χ4n) is 3.42. The number of hydrogen-bond donors (Lipinski definition) is 1. The molecule has 0 spiro atoms. The molecule has 0 aromatic carbocycles. The van der Waals surface area contributed by atoms with Crippen molar-refractivity contribution in [3.63, 3.8) is 0 Å². The summed E-state index contributed by atoms with van der Waals surface area (Å²) in [6.45, 7) is 4.78. The molecule has 0 aromatic heterocycles. The minimum Gasteiger partial charge on any atom is -0.328 e. The fraction of sp³-hybridized carbons (Fsp3) is 1.00. The zero-order valence-corrected chi connectivity index (χ0v) is 9.58. The van der Waals surface area contributed by atoms with Crippen LogP contribution in [0.25, 0.3) is 0 Å². The van der Waals surface area contributed by atoms with Gasteiger partial charge in [-0.25, -0.2) is 0 Å². The Hall–Kier alpha value is -0.0800. The zero-order chi connectivity index (χ0) is 10.1. The van der Waals surface area contributed by atoms with E-state index < -0.39 is 0 Å². The van der Waals surface area contributed by atoms with Crippen LogP contribution in [0.15, 0.2) is 0 Å². The number of nitrogens with two attached hydrogens (primary N) is 1. The molecule has 1 aliphatic carbocycles. The van der Waals surface area contributed by atoms with E-state index in [-0.39, 0.29) is 0 Å². The molecule has 2 rings (SSSR count). The first kappa shape index (κ1) is 10.4. The molecule has 14 heavy (non-hydrogen) atoms. The first-order chi connectivity index (χ1) is 6.68. The first-order valence-electron chi connectivity index (χ1n) is 6.21. The predicted molar refractivity (Wildman–Crippen MR) is 60.2 cm³/mol. The van der Waals surface area contributed by atoms with Crippen molar-refractivity contribution < 1.29 is 0 Å². The first-order valence-corrected chi connectivity index (χ1v) is 6.21. The van der Waals surface area contributed by atoms with E-state index in [4.69, 9.17) is 5.73 Å². The molecule has 2 N–H and O–H groups in total. The van der Waals surface area contributed by atoms with Crippen LogP contribution < -0.4 is 5.73 Å². The number of rotatable bonds is 1. The third-order valence-electron chi connectivity index (χ3n) is 4.13. The van der Waals surface area contributed by atoms with Crippen LogP contribution in [-0.4, -0.2) is 29.1 Å². The van der Waals surface area contributed by atoms with E-state index in [0.29, 0.717) is 6.04 Å². The fourth-order valence-corrected chi connectivity index (χ4v) is 3.42. The molecule has 2 nitrogen and oxygen atoms in total. The van der Waals surface area contributed by atoms with Crippen molar-refractivity contribution in [3.05, 3.63) is 0 Å². The van der Waals surface area contributed by atoms with Gasteiger partial charge in [0, 0.05) is 24.2 Å². The highest BCUT2D eigenvalue weighted by Gasteiger charge is 2.34. The van der Waals surface area contributed by atoms with Gasteiger partial charge in [0.15, 0.2) is 0 Å². The summed E-state index contributed by atoms with van der Waals surface area (Å²) in [6.07, 6.45) is 7.98. The van der Waals surface area contributed by atoms with Crippen molar-refractivity contribution in [2.24, 2.45) is 5.73 Å². The van der Waals surface area contributed by atoms with Gasteiger partial charge in [-0.2, -0.15) is 0 Å². The van der Waals surface area contributed by atoms with E-state index in [2.05, 4.69) is 18.7 Å². The second kappa shape index (κ2) is 4.19. The van der Waals surface area contributed by atoms with E-state index in [1.807, 2.05) is 0 Å². The average Bonchev–Trinajstić information content (AvgIpc) is 2.51. The quantitative estimate of drug-likeness (QED) is 0.696. The van der Waals surface area contributed by atoms with Crippen molar-refractivity contribution in [2.45, 2.75) is 76.5 Å². The topological polar surface area (TPSA) is 29.3 Å². The molecule has 1 saturated heterocycles. The lowest BCUT2D eigenvalue weighted by Crippen LogP contribution is -2.49. The van der Waals surface area contributed by atoms with Gasteiger partial charge in [0.1, 0.15) is 0 Å². The Morgan fingerprint density at radius 2 is 1.64 bits per heavy atom. The molecule has 82 valence electrons. The molecule has 4 unspecified atom stereocenters. The predicted octanol–water partition coefficient (Wildman–Crippen LogP) is 2.13. The smallest absolute Gasteiger partial charge is 0.0116 e. The monoisotopic (exact) mass is 196 g/mol. The average molecular weight is 196 g/mol. The maximum atomic E-state index is 6.00. The van der Waals surface area contributed by atoms with Gasteiger partial charge in [0.25, 0.3) is 0 Å². The summed E-state index contributed by atoms with van der Waals surface area (Å²) in [7, 11) is 0. The highest BCUT2D eigenvalue weighted by atomic mass is 15.2. The van der Waals surface area contributed by atoms with Crippen LogP contribution >= 0.6 is 0 Å². The Bertz CT molecular complexity index is 183. The molecule has 1 saturated carbocycles. The Morgan fingerprint density at radius 3 is 2.14 bits per heavy atom. The van der Waals surface area contributed by atoms with Gasteiger partial charge >= 0.3 is 0 Å². The SMILES string of the molecule is CC1CCCC(C)N1C1CCC(N)C1. The largest absolute Gasteiger partial charge is 0.328 e. The van der Waals surface area contributed by atoms with Crippen molar-refractivity contribution in [2.75, 3.05) is 0 Å². The van der Waals surface area contributed by atoms with Gasteiger partial charge in [-0.05, 0) is 46.0 Å². The molecule has 2 aliphatic rings. The third kappa shape index (κ3) is 1.96. The molecule has 4 atom stereocenters. The molecule has 1 heterocycles. The second-order valence-electron chi connectivity index (χ2n) is 5.30. The van der Waals surface area contributed by atoms with E-state index in [1.165, 1.54) is 38.5 Å². The number of nitrogens with zero attached hydrogens (tertiary/aromatic N) is 1. The molecular formula is C12H24N2. The van der Waals surface area contributed by atoms with E-state index in [9.17, 15) is 0 Å².